The molecular weight excluding hydrogens is 314 g/mol. The Morgan fingerprint density at radius 2 is 1.86 bits per heavy atom. The standard InChI is InChI=1S/C17H21NO2S2/c1-13-7-8-14(2)15(12-13)22(19,20)18-17(9-3-4-10-17)16-6-5-11-21-16/h5-8,11-12,18H,3-4,9-10H2,1-2H3. The maximum absolute atomic E-state index is 13.0. The summed E-state index contributed by atoms with van der Waals surface area (Å²) >= 11 is 1.64. The van der Waals surface area contributed by atoms with Gasteiger partial charge in [0.25, 0.3) is 0 Å². The predicted molar refractivity (Wildman–Crippen MR) is 90.7 cm³/mol. The van der Waals surface area contributed by atoms with Gasteiger partial charge in [-0.1, -0.05) is 31.0 Å². The van der Waals surface area contributed by atoms with Gasteiger partial charge < -0.3 is 0 Å². The predicted octanol–water partition coefficient (Wildman–Crippen LogP) is 4.11. The highest BCUT2D eigenvalue weighted by molar-refractivity contribution is 7.89. The fourth-order valence-corrected chi connectivity index (χ4v) is 6.01. The van der Waals surface area contributed by atoms with E-state index < -0.39 is 15.6 Å². The summed E-state index contributed by atoms with van der Waals surface area (Å²) < 4.78 is 28.9. The zero-order chi connectivity index (χ0) is 15.8. The summed E-state index contributed by atoms with van der Waals surface area (Å²) in [4.78, 5) is 1.52. The van der Waals surface area contributed by atoms with Crippen LogP contribution in [0, 0.1) is 13.8 Å². The van der Waals surface area contributed by atoms with E-state index >= 15 is 0 Å². The van der Waals surface area contributed by atoms with E-state index in [1.807, 2.05) is 43.5 Å². The topological polar surface area (TPSA) is 46.2 Å². The van der Waals surface area contributed by atoms with Crippen molar-refractivity contribution in [3.63, 3.8) is 0 Å². The Hall–Kier alpha value is -1.17. The van der Waals surface area contributed by atoms with Gasteiger partial charge in [0.1, 0.15) is 0 Å². The van der Waals surface area contributed by atoms with Crippen LogP contribution in [0.3, 0.4) is 0 Å². The molecule has 2 aromatic rings. The number of benzene rings is 1. The van der Waals surface area contributed by atoms with E-state index in [2.05, 4.69) is 4.72 Å². The first-order chi connectivity index (χ1) is 10.4. The molecule has 3 rings (SSSR count). The highest BCUT2D eigenvalue weighted by Gasteiger charge is 2.40. The number of rotatable bonds is 4. The molecule has 0 atom stereocenters. The molecule has 0 aliphatic heterocycles. The van der Waals surface area contributed by atoms with E-state index in [1.165, 1.54) is 0 Å². The first kappa shape index (κ1) is 15.7. The largest absolute Gasteiger partial charge is 0.241 e. The van der Waals surface area contributed by atoms with E-state index in [0.29, 0.717) is 4.90 Å². The highest BCUT2D eigenvalue weighted by atomic mass is 32.2. The fourth-order valence-electron chi connectivity index (χ4n) is 3.24. The van der Waals surface area contributed by atoms with Crippen molar-refractivity contribution in [3.05, 3.63) is 51.7 Å². The first-order valence-corrected chi connectivity index (χ1v) is 9.94. The summed E-state index contributed by atoms with van der Waals surface area (Å²) in [6, 6.07) is 9.61. The second-order valence-electron chi connectivity index (χ2n) is 6.14. The number of hydrogen-bond donors (Lipinski definition) is 1. The van der Waals surface area contributed by atoms with Crippen LogP contribution in [-0.4, -0.2) is 8.42 Å². The lowest BCUT2D eigenvalue weighted by Gasteiger charge is -2.29. The highest BCUT2D eigenvalue weighted by Crippen LogP contribution is 2.42. The summed E-state index contributed by atoms with van der Waals surface area (Å²) in [6.07, 6.45) is 3.87. The summed E-state index contributed by atoms with van der Waals surface area (Å²) in [5.41, 5.74) is 1.32. The number of hydrogen-bond acceptors (Lipinski definition) is 3. The number of nitrogens with one attached hydrogen (secondary N) is 1. The van der Waals surface area contributed by atoms with Crippen molar-refractivity contribution in [2.75, 3.05) is 0 Å². The minimum atomic E-state index is -3.52. The molecule has 1 aliphatic rings. The second kappa shape index (κ2) is 5.80. The molecule has 5 heteroatoms. The molecule has 1 fully saturated rings. The summed E-state index contributed by atoms with van der Waals surface area (Å²) in [5, 5.41) is 2.02. The van der Waals surface area contributed by atoms with Gasteiger partial charge in [-0.05, 0) is 55.3 Å². The normalized spacial score (nSPS) is 17.7. The summed E-state index contributed by atoms with van der Waals surface area (Å²) in [7, 11) is -3.52. The SMILES string of the molecule is Cc1ccc(C)c(S(=O)(=O)NC2(c3cccs3)CCCC2)c1. The van der Waals surface area contributed by atoms with Crippen LogP contribution in [0.5, 0.6) is 0 Å². The Balaban J connectivity index is 2.01. The molecule has 0 amide bonds. The van der Waals surface area contributed by atoms with Crippen molar-refractivity contribution in [3.8, 4) is 0 Å². The smallest absolute Gasteiger partial charge is 0.207 e. The quantitative estimate of drug-likeness (QED) is 0.914. The van der Waals surface area contributed by atoms with Crippen molar-refractivity contribution >= 4 is 21.4 Å². The fraction of sp³-hybridized carbons (Fsp3) is 0.412. The van der Waals surface area contributed by atoms with Gasteiger partial charge in [0.2, 0.25) is 10.0 Å². The van der Waals surface area contributed by atoms with Crippen molar-refractivity contribution in [1.82, 2.24) is 4.72 Å². The molecule has 3 nitrogen and oxygen atoms in total. The first-order valence-electron chi connectivity index (χ1n) is 7.58. The van der Waals surface area contributed by atoms with Crippen LogP contribution in [0.4, 0.5) is 0 Å². The minimum absolute atomic E-state index is 0.398. The number of thiophene rings is 1. The molecule has 1 aromatic carbocycles. The maximum atomic E-state index is 13.0. The van der Waals surface area contributed by atoms with Crippen LogP contribution in [0.15, 0.2) is 40.6 Å². The lowest BCUT2D eigenvalue weighted by molar-refractivity contribution is 0.412. The average Bonchev–Trinajstić information content (AvgIpc) is 3.12. The molecule has 118 valence electrons. The zero-order valence-corrected chi connectivity index (χ0v) is 14.6. The maximum Gasteiger partial charge on any atom is 0.241 e. The monoisotopic (exact) mass is 335 g/mol. The van der Waals surface area contributed by atoms with Gasteiger partial charge in [0.05, 0.1) is 10.4 Å². The van der Waals surface area contributed by atoms with E-state index in [0.717, 1.165) is 41.7 Å². The van der Waals surface area contributed by atoms with Gasteiger partial charge in [-0.2, -0.15) is 4.72 Å². The molecule has 0 unspecified atom stereocenters. The Morgan fingerprint density at radius 1 is 1.14 bits per heavy atom. The van der Waals surface area contributed by atoms with Crippen LogP contribution in [0.25, 0.3) is 0 Å². The third kappa shape index (κ3) is 2.85. The lowest BCUT2D eigenvalue weighted by atomic mass is 9.97. The van der Waals surface area contributed by atoms with Crippen LogP contribution < -0.4 is 4.72 Å². The molecule has 1 aromatic heterocycles. The summed E-state index contributed by atoms with van der Waals surface area (Å²) in [6.45, 7) is 3.77. The van der Waals surface area contributed by atoms with Crippen molar-refractivity contribution in [2.45, 2.75) is 50.0 Å². The second-order valence-corrected chi connectivity index (χ2v) is 8.74. The number of aryl methyl sites for hydroxylation is 2. The molecule has 1 saturated carbocycles. The number of sulfonamides is 1. The molecule has 0 spiro atoms. The zero-order valence-electron chi connectivity index (χ0n) is 12.9. The van der Waals surface area contributed by atoms with E-state index in [4.69, 9.17) is 0 Å². The van der Waals surface area contributed by atoms with Gasteiger partial charge in [-0.3, -0.25) is 0 Å². The molecule has 1 heterocycles. The summed E-state index contributed by atoms with van der Waals surface area (Å²) in [5.74, 6) is 0. The third-order valence-corrected chi connectivity index (χ3v) is 7.17. The Labute approximate surface area is 136 Å². The van der Waals surface area contributed by atoms with Crippen LogP contribution >= 0.6 is 11.3 Å². The van der Waals surface area contributed by atoms with E-state index in [-0.39, 0.29) is 0 Å². The van der Waals surface area contributed by atoms with Gasteiger partial charge in [-0.25, -0.2) is 8.42 Å². The molecule has 22 heavy (non-hydrogen) atoms. The van der Waals surface area contributed by atoms with Crippen molar-refractivity contribution in [1.29, 1.82) is 0 Å². The van der Waals surface area contributed by atoms with Gasteiger partial charge in [-0.15, -0.1) is 11.3 Å². The molecule has 1 aliphatic carbocycles. The van der Waals surface area contributed by atoms with Crippen LogP contribution in [0.1, 0.15) is 41.7 Å². The van der Waals surface area contributed by atoms with Crippen LogP contribution in [0.2, 0.25) is 0 Å². The molecule has 1 N–H and O–H groups in total. The Kier molecular flexibility index (Phi) is 4.14. The molecule has 0 bridgehead atoms. The Morgan fingerprint density at radius 3 is 2.50 bits per heavy atom. The van der Waals surface area contributed by atoms with Crippen molar-refractivity contribution in [2.24, 2.45) is 0 Å². The van der Waals surface area contributed by atoms with Crippen molar-refractivity contribution < 1.29 is 8.42 Å². The molecule has 0 radical (unpaired) electrons. The molecular formula is C17H21NO2S2. The Bertz CT molecular complexity index is 758. The van der Waals surface area contributed by atoms with Crippen LogP contribution in [-0.2, 0) is 15.6 Å². The third-order valence-electron chi connectivity index (χ3n) is 4.41. The van der Waals surface area contributed by atoms with Gasteiger partial charge >= 0.3 is 0 Å². The van der Waals surface area contributed by atoms with E-state index in [1.54, 1.807) is 17.4 Å². The minimum Gasteiger partial charge on any atom is -0.207 e. The van der Waals surface area contributed by atoms with E-state index in [9.17, 15) is 8.42 Å². The van der Waals surface area contributed by atoms with Gasteiger partial charge in [0, 0.05) is 4.88 Å². The lowest BCUT2D eigenvalue weighted by Crippen LogP contribution is -2.43. The van der Waals surface area contributed by atoms with Gasteiger partial charge in [0.15, 0.2) is 0 Å². The average molecular weight is 335 g/mol. The molecule has 0 saturated heterocycles.